The van der Waals surface area contributed by atoms with Crippen molar-refractivity contribution >= 4 is 23.8 Å². The average Bonchev–Trinajstić information content (AvgIpc) is 3.05. The molecule has 0 radical (unpaired) electrons. The zero-order valence-corrected chi connectivity index (χ0v) is 16.9. The molecule has 0 saturated heterocycles. The van der Waals surface area contributed by atoms with Crippen molar-refractivity contribution in [3.63, 3.8) is 0 Å². The first-order chi connectivity index (χ1) is 14.1. The lowest BCUT2D eigenvalue weighted by Gasteiger charge is -2.14. The molecule has 4 rings (SSSR count). The Balaban J connectivity index is 1.34. The summed E-state index contributed by atoms with van der Waals surface area (Å²) >= 11 is 6.21. The van der Waals surface area contributed by atoms with Crippen molar-refractivity contribution in [2.75, 3.05) is 13.2 Å². The van der Waals surface area contributed by atoms with E-state index in [1.54, 1.807) is 0 Å². The van der Waals surface area contributed by atoms with Crippen molar-refractivity contribution < 1.29 is 9.53 Å². The molecule has 0 unspecified atom stereocenters. The van der Waals surface area contributed by atoms with E-state index in [1.165, 1.54) is 22.3 Å². The molecule has 1 amide bonds. The number of carbonyl (C=O) groups is 1. The van der Waals surface area contributed by atoms with E-state index in [0.717, 1.165) is 11.1 Å². The quantitative estimate of drug-likeness (QED) is 0.550. The fourth-order valence-electron chi connectivity index (χ4n) is 3.74. The molecule has 1 N–H and O–H groups in total. The minimum absolute atomic E-state index is 0.0649. The van der Waals surface area contributed by atoms with E-state index in [0.29, 0.717) is 18.2 Å². The van der Waals surface area contributed by atoms with Gasteiger partial charge in [-0.15, -0.1) is 0 Å². The van der Waals surface area contributed by atoms with Crippen molar-refractivity contribution in [2.24, 2.45) is 0 Å². The summed E-state index contributed by atoms with van der Waals surface area (Å²) in [6.45, 7) is 2.69. The fraction of sp³-hybridized carbons (Fsp3) is 0.160. The highest BCUT2D eigenvalue weighted by molar-refractivity contribution is 6.32. The van der Waals surface area contributed by atoms with Gasteiger partial charge in [-0.05, 0) is 46.4 Å². The topological polar surface area (TPSA) is 38.3 Å². The molecule has 0 fully saturated rings. The summed E-state index contributed by atoms with van der Waals surface area (Å²) < 4.78 is 5.52. The van der Waals surface area contributed by atoms with E-state index in [4.69, 9.17) is 16.3 Å². The van der Waals surface area contributed by atoms with Crippen LogP contribution in [0.25, 0.3) is 17.2 Å². The number of fused-ring (bicyclic) bond motifs is 3. The number of aryl methyl sites for hydroxylation is 1. The molecular formula is C25H22ClNO2. The third kappa shape index (κ3) is 4.20. The second-order valence-corrected chi connectivity index (χ2v) is 7.54. The van der Waals surface area contributed by atoms with E-state index in [2.05, 4.69) is 29.6 Å². The molecule has 3 aromatic rings. The number of hydrogen-bond acceptors (Lipinski definition) is 2. The standard InChI is InChI=1S/C25H22ClNO2/c1-17-12-13-18(24(26)15-17)7-6-14-27-25(28)29-16-23-21-10-4-2-8-19(21)20-9-3-5-11-22(20)23/h2-13,15,23H,14,16H2,1H3,(H,27,28). The number of rotatable bonds is 5. The Morgan fingerprint density at radius 1 is 1.03 bits per heavy atom. The van der Waals surface area contributed by atoms with Gasteiger partial charge in [0.05, 0.1) is 0 Å². The fourth-order valence-corrected chi connectivity index (χ4v) is 4.04. The number of nitrogens with one attached hydrogen (secondary N) is 1. The summed E-state index contributed by atoms with van der Waals surface area (Å²) in [5.41, 5.74) is 6.88. The van der Waals surface area contributed by atoms with Gasteiger partial charge < -0.3 is 10.1 Å². The Labute approximate surface area is 176 Å². The molecule has 0 aromatic heterocycles. The van der Waals surface area contributed by atoms with Crippen molar-refractivity contribution in [1.82, 2.24) is 5.32 Å². The number of hydrogen-bond donors (Lipinski definition) is 1. The summed E-state index contributed by atoms with van der Waals surface area (Å²) in [6, 6.07) is 22.5. The second kappa shape index (κ2) is 8.54. The molecule has 3 nitrogen and oxygen atoms in total. The molecule has 3 aromatic carbocycles. The van der Waals surface area contributed by atoms with E-state index in [9.17, 15) is 4.79 Å². The van der Waals surface area contributed by atoms with E-state index in [1.807, 2.05) is 61.5 Å². The number of halogens is 1. The highest BCUT2D eigenvalue weighted by Gasteiger charge is 2.28. The average molecular weight is 404 g/mol. The minimum atomic E-state index is -0.425. The maximum atomic E-state index is 12.2. The van der Waals surface area contributed by atoms with Gasteiger partial charge in [0, 0.05) is 17.5 Å². The summed E-state index contributed by atoms with van der Waals surface area (Å²) in [4.78, 5) is 12.2. The van der Waals surface area contributed by atoms with Crippen molar-refractivity contribution in [3.05, 3.63) is 100 Å². The van der Waals surface area contributed by atoms with Crippen LogP contribution in [0.3, 0.4) is 0 Å². The minimum Gasteiger partial charge on any atom is -0.449 e. The van der Waals surface area contributed by atoms with Gasteiger partial charge in [0.2, 0.25) is 0 Å². The zero-order valence-electron chi connectivity index (χ0n) is 16.2. The molecule has 146 valence electrons. The van der Waals surface area contributed by atoms with Crippen LogP contribution < -0.4 is 5.32 Å². The Morgan fingerprint density at radius 2 is 1.69 bits per heavy atom. The van der Waals surface area contributed by atoms with Gasteiger partial charge in [0.15, 0.2) is 0 Å². The molecule has 4 heteroatoms. The second-order valence-electron chi connectivity index (χ2n) is 7.13. The summed E-state index contributed by atoms with van der Waals surface area (Å²) in [7, 11) is 0. The smallest absolute Gasteiger partial charge is 0.407 e. The molecule has 29 heavy (non-hydrogen) atoms. The van der Waals surface area contributed by atoms with Crippen LogP contribution >= 0.6 is 11.6 Å². The third-order valence-corrected chi connectivity index (χ3v) is 5.49. The highest BCUT2D eigenvalue weighted by atomic mass is 35.5. The van der Waals surface area contributed by atoms with E-state index < -0.39 is 6.09 Å². The Hall–Kier alpha value is -3.04. The molecular weight excluding hydrogens is 382 g/mol. The maximum absolute atomic E-state index is 12.2. The van der Waals surface area contributed by atoms with Crippen LogP contribution in [-0.4, -0.2) is 19.2 Å². The molecule has 0 atom stereocenters. The maximum Gasteiger partial charge on any atom is 0.407 e. The molecule has 1 aliphatic rings. The number of carbonyl (C=O) groups excluding carboxylic acids is 1. The lowest BCUT2D eigenvalue weighted by atomic mass is 9.98. The molecule has 0 aliphatic heterocycles. The lowest BCUT2D eigenvalue weighted by Crippen LogP contribution is -2.26. The lowest BCUT2D eigenvalue weighted by molar-refractivity contribution is 0.144. The molecule has 0 heterocycles. The van der Waals surface area contributed by atoms with Crippen LogP contribution in [0.5, 0.6) is 0 Å². The first-order valence-corrected chi connectivity index (χ1v) is 10.0. The Morgan fingerprint density at radius 3 is 2.34 bits per heavy atom. The van der Waals surface area contributed by atoms with Gasteiger partial charge in [-0.3, -0.25) is 0 Å². The third-order valence-electron chi connectivity index (χ3n) is 5.16. The van der Waals surface area contributed by atoms with Crippen molar-refractivity contribution in [1.29, 1.82) is 0 Å². The Bertz CT molecular complexity index is 1030. The highest BCUT2D eigenvalue weighted by Crippen LogP contribution is 2.44. The van der Waals surface area contributed by atoms with Gasteiger partial charge in [0.1, 0.15) is 6.61 Å². The number of amides is 1. The van der Waals surface area contributed by atoms with Gasteiger partial charge in [-0.25, -0.2) is 4.79 Å². The number of alkyl carbamates (subject to hydrolysis) is 1. The zero-order chi connectivity index (χ0) is 20.2. The van der Waals surface area contributed by atoms with Crippen LogP contribution in [0.15, 0.2) is 72.8 Å². The van der Waals surface area contributed by atoms with Crippen molar-refractivity contribution in [3.8, 4) is 11.1 Å². The van der Waals surface area contributed by atoms with Gasteiger partial charge in [0.25, 0.3) is 0 Å². The SMILES string of the molecule is Cc1ccc(C=CCNC(=O)OCC2c3ccccc3-c3ccccc32)c(Cl)c1. The molecule has 0 bridgehead atoms. The van der Waals surface area contributed by atoms with Crippen LogP contribution in [0, 0.1) is 6.92 Å². The predicted octanol–water partition coefficient (Wildman–Crippen LogP) is 6.20. The van der Waals surface area contributed by atoms with Gasteiger partial charge in [-0.2, -0.15) is 0 Å². The monoisotopic (exact) mass is 403 g/mol. The van der Waals surface area contributed by atoms with Gasteiger partial charge >= 0.3 is 6.09 Å². The van der Waals surface area contributed by atoms with Crippen LogP contribution in [-0.2, 0) is 4.74 Å². The molecule has 0 saturated carbocycles. The molecule has 1 aliphatic carbocycles. The first kappa shape index (κ1) is 19.3. The van der Waals surface area contributed by atoms with Crippen LogP contribution in [0.1, 0.15) is 28.2 Å². The van der Waals surface area contributed by atoms with Crippen LogP contribution in [0.2, 0.25) is 5.02 Å². The summed E-state index contributed by atoms with van der Waals surface area (Å²) in [6.07, 6.45) is 3.33. The van der Waals surface area contributed by atoms with E-state index >= 15 is 0 Å². The summed E-state index contributed by atoms with van der Waals surface area (Å²) in [5, 5.41) is 3.46. The van der Waals surface area contributed by atoms with Gasteiger partial charge in [-0.1, -0.05) is 84.4 Å². The summed E-state index contributed by atoms with van der Waals surface area (Å²) in [5.74, 6) is 0.0649. The normalized spacial score (nSPS) is 12.6. The predicted molar refractivity (Wildman–Crippen MR) is 118 cm³/mol. The largest absolute Gasteiger partial charge is 0.449 e. The number of benzene rings is 3. The Kier molecular flexibility index (Phi) is 5.68. The number of ether oxygens (including phenoxy) is 1. The van der Waals surface area contributed by atoms with Crippen LogP contribution in [0.4, 0.5) is 4.79 Å². The van der Waals surface area contributed by atoms with E-state index in [-0.39, 0.29) is 5.92 Å². The van der Waals surface area contributed by atoms with Crippen molar-refractivity contribution in [2.45, 2.75) is 12.8 Å². The molecule has 0 spiro atoms. The first-order valence-electron chi connectivity index (χ1n) is 9.65.